The van der Waals surface area contributed by atoms with E-state index in [1.54, 1.807) is 24.3 Å². The van der Waals surface area contributed by atoms with Crippen LogP contribution < -0.4 is 10.6 Å². The summed E-state index contributed by atoms with van der Waals surface area (Å²) in [7, 11) is 0. The molecule has 1 aromatic rings. The molecule has 0 saturated heterocycles. The van der Waals surface area contributed by atoms with E-state index in [1.165, 1.54) is 0 Å². The van der Waals surface area contributed by atoms with Gasteiger partial charge in [-0.05, 0) is 24.6 Å². The first-order valence-corrected chi connectivity index (χ1v) is 5.90. The van der Waals surface area contributed by atoms with E-state index in [-0.39, 0.29) is 12.1 Å². The number of hydrogen-bond acceptors (Lipinski definition) is 1. The Hall–Kier alpha value is -1.19. The van der Waals surface area contributed by atoms with Gasteiger partial charge >= 0.3 is 6.03 Å². The third-order valence-electron chi connectivity index (χ3n) is 2.18. The van der Waals surface area contributed by atoms with Gasteiger partial charge in [-0.2, -0.15) is 0 Å². The monoisotopic (exact) mass is 272 g/mol. The van der Waals surface area contributed by atoms with Gasteiger partial charge in [-0.1, -0.05) is 35.3 Å². The van der Waals surface area contributed by atoms with E-state index in [4.69, 9.17) is 23.2 Å². The fourth-order valence-corrected chi connectivity index (χ4v) is 1.92. The fourth-order valence-electron chi connectivity index (χ4n) is 1.34. The Morgan fingerprint density at radius 2 is 2.24 bits per heavy atom. The Balaban J connectivity index is 2.66. The normalized spacial score (nSPS) is 11.7. The second kappa shape index (κ2) is 6.52. The highest BCUT2D eigenvalue weighted by atomic mass is 35.5. The molecule has 1 rings (SSSR count). The minimum Gasteiger partial charge on any atom is -0.335 e. The number of urea groups is 1. The molecular weight excluding hydrogens is 259 g/mol. The van der Waals surface area contributed by atoms with Crippen molar-refractivity contribution in [2.45, 2.75) is 13.0 Å². The predicted molar refractivity (Wildman–Crippen MR) is 71.6 cm³/mol. The maximum atomic E-state index is 11.4. The van der Waals surface area contributed by atoms with Crippen molar-refractivity contribution in [1.82, 2.24) is 10.6 Å². The van der Waals surface area contributed by atoms with Gasteiger partial charge in [0.15, 0.2) is 0 Å². The van der Waals surface area contributed by atoms with Crippen molar-refractivity contribution in [2.24, 2.45) is 0 Å². The van der Waals surface area contributed by atoms with Gasteiger partial charge < -0.3 is 10.6 Å². The lowest BCUT2D eigenvalue weighted by Gasteiger charge is -2.16. The zero-order valence-corrected chi connectivity index (χ0v) is 11.0. The van der Waals surface area contributed by atoms with Crippen LogP contribution in [0.5, 0.6) is 0 Å². The SMILES string of the molecule is C=CCNC(=O)N[C@H](C)c1ccc(Cl)cc1Cl. The Kier molecular flexibility index (Phi) is 5.32. The molecule has 92 valence electrons. The van der Waals surface area contributed by atoms with Crippen LogP contribution in [0, 0.1) is 0 Å². The van der Waals surface area contributed by atoms with Gasteiger partial charge in [0.05, 0.1) is 6.04 Å². The highest BCUT2D eigenvalue weighted by molar-refractivity contribution is 6.35. The van der Waals surface area contributed by atoms with Gasteiger partial charge in [0.25, 0.3) is 0 Å². The molecule has 0 aromatic heterocycles. The number of nitrogens with one attached hydrogen (secondary N) is 2. The molecule has 0 aliphatic rings. The van der Waals surface area contributed by atoms with Crippen LogP contribution >= 0.6 is 23.2 Å². The summed E-state index contributed by atoms with van der Waals surface area (Å²) in [5.41, 5.74) is 0.824. The fraction of sp³-hybridized carbons (Fsp3) is 0.250. The van der Waals surface area contributed by atoms with Crippen molar-refractivity contribution < 1.29 is 4.79 Å². The number of carbonyl (C=O) groups is 1. The van der Waals surface area contributed by atoms with Crippen LogP contribution in [0.1, 0.15) is 18.5 Å². The third-order valence-corrected chi connectivity index (χ3v) is 2.75. The number of benzene rings is 1. The van der Waals surface area contributed by atoms with E-state index in [9.17, 15) is 4.79 Å². The largest absolute Gasteiger partial charge is 0.335 e. The van der Waals surface area contributed by atoms with Crippen molar-refractivity contribution in [1.29, 1.82) is 0 Å². The van der Waals surface area contributed by atoms with Crippen molar-refractivity contribution >= 4 is 29.2 Å². The van der Waals surface area contributed by atoms with Gasteiger partial charge in [0.1, 0.15) is 0 Å². The zero-order valence-electron chi connectivity index (χ0n) is 9.47. The number of carbonyl (C=O) groups excluding carboxylic acids is 1. The summed E-state index contributed by atoms with van der Waals surface area (Å²) in [4.78, 5) is 11.4. The molecule has 2 N–H and O–H groups in total. The van der Waals surface area contributed by atoms with E-state index in [0.717, 1.165) is 5.56 Å². The Morgan fingerprint density at radius 3 is 2.82 bits per heavy atom. The average molecular weight is 273 g/mol. The molecule has 0 spiro atoms. The summed E-state index contributed by atoms with van der Waals surface area (Å²) in [6, 6.07) is 4.73. The lowest BCUT2D eigenvalue weighted by molar-refractivity contribution is 0.239. The van der Waals surface area contributed by atoms with Crippen molar-refractivity contribution in [2.75, 3.05) is 6.54 Å². The van der Waals surface area contributed by atoms with Gasteiger partial charge in [-0.25, -0.2) is 4.79 Å². The number of hydrogen-bond donors (Lipinski definition) is 2. The Bertz CT molecular complexity index is 421. The lowest BCUT2D eigenvalue weighted by Crippen LogP contribution is -2.37. The highest BCUT2D eigenvalue weighted by Crippen LogP contribution is 2.25. The first kappa shape index (κ1) is 13.9. The summed E-state index contributed by atoms with van der Waals surface area (Å²) in [6.45, 7) is 5.79. The summed E-state index contributed by atoms with van der Waals surface area (Å²) in [5, 5.41) is 6.50. The van der Waals surface area contributed by atoms with Gasteiger partial charge in [0, 0.05) is 16.6 Å². The van der Waals surface area contributed by atoms with Crippen LogP contribution in [0.4, 0.5) is 4.79 Å². The number of halogens is 2. The molecule has 1 atom stereocenters. The van der Waals surface area contributed by atoms with E-state index in [0.29, 0.717) is 16.6 Å². The predicted octanol–water partition coefficient (Wildman–Crippen LogP) is 3.54. The summed E-state index contributed by atoms with van der Waals surface area (Å²) in [6.07, 6.45) is 1.61. The summed E-state index contributed by atoms with van der Waals surface area (Å²) >= 11 is 11.8. The number of amides is 2. The van der Waals surface area contributed by atoms with Crippen LogP contribution in [-0.2, 0) is 0 Å². The van der Waals surface area contributed by atoms with Gasteiger partial charge in [0.2, 0.25) is 0 Å². The molecule has 0 bridgehead atoms. The van der Waals surface area contributed by atoms with Gasteiger partial charge in [-0.15, -0.1) is 6.58 Å². The summed E-state index contributed by atoms with van der Waals surface area (Å²) in [5.74, 6) is 0. The van der Waals surface area contributed by atoms with E-state index in [2.05, 4.69) is 17.2 Å². The van der Waals surface area contributed by atoms with Crippen LogP contribution in [0.3, 0.4) is 0 Å². The molecule has 1 aromatic carbocycles. The van der Waals surface area contributed by atoms with E-state index >= 15 is 0 Å². The highest BCUT2D eigenvalue weighted by Gasteiger charge is 2.12. The second-order valence-electron chi connectivity index (χ2n) is 3.53. The molecule has 0 radical (unpaired) electrons. The topological polar surface area (TPSA) is 41.1 Å². The number of rotatable bonds is 4. The summed E-state index contributed by atoms with van der Waals surface area (Å²) < 4.78 is 0. The van der Waals surface area contributed by atoms with Crippen molar-refractivity contribution in [3.8, 4) is 0 Å². The smallest absolute Gasteiger partial charge is 0.315 e. The maximum absolute atomic E-state index is 11.4. The molecule has 0 unspecified atom stereocenters. The van der Waals surface area contributed by atoms with Crippen LogP contribution in [0.2, 0.25) is 10.0 Å². The molecule has 2 amide bonds. The Labute approximate surface area is 111 Å². The zero-order chi connectivity index (χ0) is 12.8. The maximum Gasteiger partial charge on any atom is 0.315 e. The second-order valence-corrected chi connectivity index (χ2v) is 4.37. The molecule has 0 saturated carbocycles. The first-order valence-electron chi connectivity index (χ1n) is 5.14. The molecular formula is C12H14Cl2N2O. The first-order chi connectivity index (χ1) is 8.04. The van der Waals surface area contributed by atoms with Crippen molar-refractivity contribution in [3.63, 3.8) is 0 Å². The molecule has 5 heteroatoms. The molecule has 0 aliphatic heterocycles. The standard InChI is InChI=1S/C12H14Cl2N2O/c1-3-6-15-12(17)16-8(2)10-5-4-9(13)7-11(10)14/h3-5,7-8H,1,6H2,2H3,(H2,15,16,17)/t8-/m1/s1. The lowest BCUT2D eigenvalue weighted by atomic mass is 10.1. The van der Waals surface area contributed by atoms with Gasteiger partial charge in [-0.3, -0.25) is 0 Å². The molecule has 0 heterocycles. The van der Waals surface area contributed by atoms with E-state index in [1.807, 2.05) is 6.92 Å². The Morgan fingerprint density at radius 1 is 1.53 bits per heavy atom. The van der Waals surface area contributed by atoms with Crippen molar-refractivity contribution in [3.05, 3.63) is 46.5 Å². The van der Waals surface area contributed by atoms with E-state index < -0.39 is 0 Å². The third kappa shape index (κ3) is 4.29. The van der Waals surface area contributed by atoms with Crippen LogP contribution in [-0.4, -0.2) is 12.6 Å². The minimum absolute atomic E-state index is 0.190. The van der Waals surface area contributed by atoms with Crippen LogP contribution in [0.15, 0.2) is 30.9 Å². The molecule has 17 heavy (non-hydrogen) atoms. The quantitative estimate of drug-likeness (QED) is 0.809. The molecule has 0 fully saturated rings. The minimum atomic E-state index is -0.261. The average Bonchev–Trinajstić information content (AvgIpc) is 2.26. The van der Waals surface area contributed by atoms with Crippen LogP contribution in [0.25, 0.3) is 0 Å². The molecule has 3 nitrogen and oxygen atoms in total. The molecule has 0 aliphatic carbocycles.